The Morgan fingerprint density at radius 2 is 1.81 bits per heavy atom. The number of aryl methyl sites for hydroxylation is 1. The smallest absolute Gasteiger partial charge is 0.148 e. The number of phenols is 1. The Hall–Kier alpha value is -3.92. The molecule has 2 fully saturated rings. The van der Waals surface area contributed by atoms with Crippen LogP contribution in [-0.2, 0) is 0 Å². The first-order valence-electron chi connectivity index (χ1n) is 12.3. The number of aliphatic hydroxyl groups is 1. The van der Waals surface area contributed by atoms with Crippen molar-refractivity contribution in [1.82, 2.24) is 14.9 Å². The van der Waals surface area contributed by atoms with Gasteiger partial charge < -0.3 is 10.2 Å². The number of anilines is 3. The zero-order chi connectivity index (χ0) is 24.6. The Morgan fingerprint density at radius 1 is 1.00 bits per heavy atom. The minimum absolute atomic E-state index is 0.233. The van der Waals surface area contributed by atoms with Gasteiger partial charge in [0.15, 0.2) is 0 Å². The van der Waals surface area contributed by atoms with E-state index in [2.05, 4.69) is 32.7 Å². The lowest BCUT2D eigenvalue weighted by Gasteiger charge is -2.26. The topological polar surface area (TPSA) is 72.7 Å². The van der Waals surface area contributed by atoms with Crippen molar-refractivity contribution >= 4 is 28.1 Å². The van der Waals surface area contributed by atoms with E-state index in [1.54, 1.807) is 18.5 Å². The molecule has 0 spiro atoms. The highest BCUT2D eigenvalue weighted by atomic mass is 16.3. The lowest BCUT2D eigenvalue weighted by Crippen LogP contribution is -2.25. The summed E-state index contributed by atoms with van der Waals surface area (Å²) >= 11 is 0. The molecular formula is C30H28N4O2. The third-order valence-electron chi connectivity index (χ3n) is 7.45. The molecule has 2 heterocycles. The fraction of sp³-hybridized carbons (Fsp3) is 0.267. The summed E-state index contributed by atoms with van der Waals surface area (Å²) in [6.07, 6.45) is 1.59. The van der Waals surface area contributed by atoms with Gasteiger partial charge in [-0.1, -0.05) is 30.0 Å². The largest absolute Gasteiger partial charge is 0.508 e. The number of aromatic nitrogens is 2. The summed E-state index contributed by atoms with van der Waals surface area (Å²) in [4.78, 5) is 13.7. The molecule has 2 atom stereocenters. The van der Waals surface area contributed by atoms with Gasteiger partial charge in [-0.2, -0.15) is 0 Å². The zero-order valence-electron chi connectivity index (χ0n) is 20.2. The number of phenolic OH excluding ortho intramolecular Hbond substituents is 1. The van der Waals surface area contributed by atoms with Crippen molar-refractivity contribution in [3.05, 3.63) is 84.2 Å². The SMILES string of the molecule is Cc1cc(O)ccc1N(c1ccccc1)c1ncnc2ccc(C#CCN3CC4C(CO)C4C3)cc12. The second-order valence-corrected chi connectivity index (χ2v) is 9.74. The fourth-order valence-corrected chi connectivity index (χ4v) is 5.53. The molecule has 0 amide bonds. The zero-order valence-corrected chi connectivity index (χ0v) is 20.2. The van der Waals surface area contributed by atoms with Crippen LogP contribution in [0.5, 0.6) is 5.75 Å². The van der Waals surface area contributed by atoms with E-state index in [4.69, 9.17) is 4.98 Å². The van der Waals surface area contributed by atoms with Crippen molar-refractivity contribution in [2.45, 2.75) is 6.92 Å². The van der Waals surface area contributed by atoms with Crippen LogP contribution in [0.4, 0.5) is 17.2 Å². The maximum atomic E-state index is 10.00. The van der Waals surface area contributed by atoms with E-state index < -0.39 is 0 Å². The van der Waals surface area contributed by atoms with Crippen LogP contribution in [-0.4, -0.2) is 51.3 Å². The van der Waals surface area contributed by atoms with Gasteiger partial charge in [-0.25, -0.2) is 9.97 Å². The molecule has 2 N–H and O–H groups in total. The van der Waals surface area contributed by atoms with Crippen LogP contribution in [0.2, 0.25) is 0 Å². The number of piperidine rings is 1. The predicted octanol–water partition coefficient (Wildman–Crippen LogP) is 4.64. The number of hydrogen-bond acceptors (Lipinski definition) is 6. The van der Waals surface area contributed by atoms with Crippen molar-refractivity contribution in [2.75, 3.05) is 31.1 Å². The lowest BCUT2D eigenvalue weighted by molar-refractivity contribution is 0.230. The van der Waals surface area contributed by atoms with E-state index in [9.17, 15) is 10.2 Å². The minimum Gasteiger partial charge on any atom is -0.508 e. The molecule has 2 aliphatic rings. The molecular weight excluding hydrogens is 448 g/mol. The number of hydrogen-bond donors (Lipinski definition) is 2. The van der Waals surface area contributed by atoms with E-state index >= 15 is 0 Å². The van der Waals surface area contributed by atoms with Crippen molar-refractivity contribution in [3.63, 3.8) is 0 Å². The maximum Gasteiger partial charge on any atom is 0.148 e. The summed E-state index contributed by atoms with van der Waals surface area (Å²) in [6.45, 7) is 5.12. The standard InChI is InChI=1S/C30H28N4O2/c1-20-14-23(36)10-12-29(20)34(22-7-3-2-4-8-22)30-24-15-21(9-11-28(24)31-19-32-30)6-5-13-33-16-25-26(17-33)27(25)18-35/h2-4,7-12,14-15,19,25-27,35-36H,13,16-18H2,1H3. The van der Waals surface area contributed by atoms with Gasteiger partial charge in [0.1, 0.15) is 17.9 Å². The van der Waals surface area contributed by atoms with E-state index in [0.717, 1.165) is 58.9 Å². The molecule has 1 saturated heterocycles. The molecule has 6 rings (SSSR count). The second kappa shape index (κ2) is 9.27. The first kappa shape index (κ1) is 22.5. The number of rotatable bonds is 5. The summed E-state index contributed by atoms with van der Waals surface area (Å²) in [7, 11) is 0. The fourth-order valence-electron chi connectivity index (χ4n) is 5.53. The summed E-state index contributed by atoms with van der Waals surface area (Å²) in [5.74, 6) is 9.50. The molecule has 1 aliphatic heterocycles. The quantitative estimate of drug-likeness (QED) is 0.409. The molecule has 36 heavy (non-hydrogen) atoms. The number of nitrogens with zero attached hydrogens (tertiary/aromatic N) is 4. The van der Waals surface area contributed by atoms with Crippen LogP contribution >= 0.6 is 0 Å². The van der Waals surface area contributed by atoms with Crippen LogP contribution in [0.1, 0.15) is 11.1 Å². The average Bonchev–Trinajstić information content (AvgIpc) is 3.37. The first-order valence-corrected chi connectivity index (χ1v) is 12.3. The van der Waals surface area contributed by atoms with E-state index in [1.807, 2.05) is 55.5 Å². The van der Waals surface area contributed by atoms with Crippen LogP contribution in [0, 0.1) is 36.5 Å². The van der Waals surface area contributed by atoms with Crippen LogP contribution in [0.25, 0.3) is 10.9 Å². The number of aromatic hydroxyl groups is 1. The van der Waals surface area contributed by atoms with Gasteiger partial charge in [0.05, 0.1) is 17.7 Å². The highest BCUT2D eigenvalue weighted by Crippen LogP contribution is 2.51. The highest BCUT2D eigenvalue weighted by Gasteiger charge is 2.54. The normalized spacial score (nSPS) is 20.6. The van der Waals surface area contributed by atoms with Crippen molar-refractivity contribution < 1.29 is 10.2 Å². The third-order valence-corrected chi connectivity index (χ3v) is 7.45. The Balaban J connectivity index is 1.35. The summed E-state index contributed by atoms with van der Waals surface area (Å²) < 4.78 is 0. The number of aliphatic hydroxyl groups excluding tert-OH is 1. The molecule has 0 bridgehead atoms. The molecule has 1 aromatic heterocycles. The number of benzene rings is 3. The second-order valence-electron chi connectivity index (χ2n) is 9.74. The Labute approximate surface area is 210 Å². The third kappa shape index (κ3) is 4.17. The van der Waals surface area contributed by atoms with Crippen LogP contribution in [0.15, 0.2) is 73.1 Å². The van der Waals surface area contributed by atoms with Crippen molar-refractivity contribution in [1.29, 1.82) is 0 Å². The molecule has 180 valence electrons. The molecule has 6 nitrogen and oxygen atoms in total. The first-order chi connectivity index (χ1) is 17.6. The Bertz CT molecular complexity index is 1470. The Kier molecular flexibility index (Phi) is 5.80. The highest BCUT2D eigenvalue weighted by molar-refractivity contribution is 5.95. The molecule has 6 heteroatoms. The summed E-state index contributed by atoms with van der Waals surface area (Å²) in [5, 5.41) is 20.3. The van der Waals surface area contributed by atoms with Gasteiger partial charge in [-0.05, 0) is 78.8 Å². The molecule has 4 aromatic rings. The lowest BCUT2D eigenvalue weighted by atomic mass is 10.1. The van der Waals surface area contributed by atoms with Gasteiger partial charge in [0.25, 0.3) is 0 Å². The maximum absolute atomic E-state index is 10.00. The van der Waals surface area contributed by atoms with Gasteiger partial charge in [0, 0.05) is 36.3 Å². The van der Waals surface area contributed by atoms with Gasteiger partial charge in [-0.15, -0.1) is 0 Å². The van der Waals surface area contributed by atoms with Crippen LogP contribution in [0.3, 0.4) is 0 Å². The van der Waals surface area contributed by atoms with Crippen molar-refractivity contribution in [2.24, 2.45) is 17.8 Å². The Morgan fingerprint density at radius 3 is 2.56 bits per heavy atom. The molecule has 3 aromatic carbocycles. The predicted molar refractivity (Wildman–Crippen MR) is 141 cm³/mol. The molecule has 1 saturated carbocycles. The summed E-state index contributed by atoms with van der Waals surface area (Å²) in [6, 6.07) is 21.5. The minimum atomic E-state index is 0.233. The molecule has 2 unspecified atom stereocenters. The van der Waals surface area contributed by atoms with Crippen molar-refractivity contribution in [3.8, 4) is 17.6 Å². The summed E-state index contributed by atoms with van der Waals surface area (Å²) in [5.41, 5.74) is 4.61. The average molecular weight is 477 g/mol. The van der Waals surface area contributed by atoms with Gasteiger partial charge >= 0.3 is 0 Å². The number of para-hydroxylation sites is 1. The molecule has 1 aliphatic carbocycles. The van der Waals surface area contributed by atoms with Gasteiger partial charge in [0.2, 0.25) is 0 Å². The van der Waals surface area contributed by atoms with E-state index in [0.29, 0.717) is 24.4 Å². The van der Waals surface area contributed by atoms with Crippen LogP contribution < -0.4 is 4.90 Å². The molecule has 0 radical (unpaired) electrons. The van der Waals surface area contributed by atoms with Gasteiger partial charge in [-0.3, -0.25) is 9.80 Å². The van der Waals surface area contributed by atoms with E-state index in [-0.39, 0.29) is 5.75 Å². The monoisotopic (exact) mass is 476 g/mol. The van der Waals surface area contributed by atoms with E-state index in [1.165, 1.54) is 0 Å². The number of fused-ring (bicyclic) bond motifs is 2. The number of likely N-dealkylation sites (tertiary alicyclic amines) is 1.